The third-order valence-corrected chi connectivity index (χ3v) is 2.43. The number of nitrogens with one attached hydrogen (secondary N) is 1. The van der Waals surface area contributed by atoms with Crippen LogP contribution in [0.15, 0.2) is 24.4 Å². The van der Waals surface area contributed by atoms with E-state index in [1.165, 1.54) is 6.07 Å². The Labute approximate surface area is 89.1 Å². The van der Waals surface area contributed by atoms with Gasteiger partial charge in [0, 0.05) is 17.1 Å². The van der Waals surface area contributed by atoms with Gasteiger partial charge in [0.15, 0.2) is 0 Å². The molecule has 0 aliphatic heterocycles. The van der Waals surface area contributed by atoms with Gasteiger partial charge in [-0.1, -0.05) is 18.2 Å². The van der Waals surface area contributed by atoms with Gasteiger partial charge in [-0.3, -0.25) is 4.79 Å². The standard InChI is InChI=1S/C11H8F3NO/c1-6-3-2-4-7-8(5-15-9(6)7)10(16)11(12,13)14/h2-5,15H,1H3. The fourth-order valence-electron chi connectivity index (χ4n) is 1.65. The summed E-state index contributed by atoms with van der Waals surface area (Å²) < 4.78 is 36.8. The molecule has 0 unspecified atom stereocenters. The molecule has 2 nitrogen and oxygen atoms in total. The van der Waals surface area contributed by atoms with E-state index in [9.17, 15) is 18.0 Å². The maximum Gasteiger partial charge on any atom is 0.454 e. The van der Waals surface area contributed by atoms with Crippen LogP contribution in [0.5, 0.6) is 0 Å². The lowest BCUT2D eigenvalue weighted by Crippen LogP contribution is -2.22. The lowest BCUT2D eigenvalue weighted by Gasteiger charge is -2.03. The van der Waals surface area contributed by atoms with Gasteiger partial charge in [0.1, 0.15) is 0 Å². The number of para-hydroxylation sites is 1. The molecular formula is C11H8F3NO. The number of hydrogen-bond donors (Lipinski definition) is 1. The summed E-state index contributed by atoms with van der Waals surface area (Å²) in [7, 11) is 0. The van der Waals surface area contributed by atoms with E-state index in [2.05, 4.69) is 4.98 Å². The van der Waals surface area contributed by atoms with E-state index in [0.717, 1.165) is 11.8 Å². The number of fused-ring (bicyclic) bond motifs is 1. The first-order valence-corrected chi connectivity index (χ1v) is 4.59. The number of aromatic nitrogens is 1. The lowest BCUT2D eigenvalue weighted by atomic mass is 10.1. The molecule has 0 amide bonds. The first kappa shape index (κ1) is 10.7. The van der Waals surface area contributed by atoms with Crippen molar-refractivity contribution in [2.24, 2.45) is 0 Å². The quantitative estimate of drug-likeness (QED) is 0.745. The van der Waals surface area contributed by atoms with E-state index < -0.39 is 12.0 Å². The second-order valence-electron chi connectivity index (χ2n) is 3.53. The van der Waals surface area contributed by atoms with Gasteiger partial charge < -0.3 is 4.98 Å². The van der Waals surface area contributed by atoms with Gasteiger partial charge in [0.25, 0.3) is 5.78 Å². The van der Waals surface area contributed by atoms with Crippen molar-refractivity contribution < 1.29 is 18.0 Å². The average Bonchev–Trinajstić information content (AvgIpc) is 2.60. The van der Waals surface area contributed by atoms with Crippen LogP contribution in [0.3, 0.4) is 0 Å². The van der Waals surface area contributed by atoms with E-state index in [1.807, 2.05) is 0 Å². The van der Waals surface area contributed by atoms with Crippen LogP contribution in [-0.4, -0.2) is 16.9 Å². The highest BCUT2D eigenvalue weighted by atomic mass is 19.4. The first-order valence-electron chi connectivity index (χ1n) is 4.59. The Morgan fingerprint density at radius 2 is 2.00 bits per heavy atom. The number of aryl methyl sites for hydroxylation is 1. The summed E-state index contributed by atoms with van der Waals surface area (Å²) in [5.74, 6) is -1.82. The van der Waals surface area contributed by atoms with Crippen LogP contribution < -0.4 is 0 Å². The summed E-state index contributed by atoms with van der Waals surface area (Å²) in [6, 6.07) is 4.89. The number of halogens is 3. The number of hydrogen-bond acceptors (Lipinski definition) is 1. The molecule has 0 fully saturated rings. The van der Waals surface area contributed by atoms with E-state index >= 15 is 0 Å². The Morgan fingerprint density at radius 3 is 2.62 bits per heavy atom. The first-order chi connectivity index (χ1) is 7.41. The number of carbonyl (C=O) groups excluding carboxylic acids is 1. The van der Waals surface area contributed by atoms with Crippen molar-refractivity contribution in [2.45, 2.75) is 13.1 Å². The van der Waals surface area contributed by atoms with E-state index in [1.54, 1.807) is 19.1 Å². The van der Waals surface area contributed by atoms with Crippen LogP contribution in [0.4, 0.5) is 13.2 Å². The Balaban J connectivity index is 2.64. The molecule has 84 valence electrons. The zero-order chi connectivity index (χ0) is 11.9. The molecule has 5 heteroatoms. The smallest absolute Gasteiger partial charge is 0.360 e. The highest BCUT2D eigenvalue weighted by molar-refractivity contribution is 6.10. The molecule has 1 N–H and O–H groups in total. The molecule has 2 aromatic rings. The fourth-order valence-corrected chi connectivity index (χ4v) is 1.65. The molecule has 0 atom stereocenters. The third kappa shape index (κ3) is 1.58. The number of ketones is 1. The largest absolute Gasteiger partial charge is 0.454 e. The van der Waals surface area contributed by atoms with Crippen molar-refractivity contribution in [1.29, 1.82) is 0 Å². The fraction of sp³-hybridized carbons (Fsp3) is 0.182. The minimum atomic E-state index is -4.83. The van der Waals surface area contributed by atoms with Gasteiger partial charge >= 0.3 is 6.18 Å². The molecule has 16 heavy (non-hydrogen) atoms. The maximum absolute atomic E-state index is 12.3. The second kappa shape index (κ2) is 3.37. The van der Waals surface area contributed by atoms with Gasteiger partial charge in [-0.15, -0.1) is 0 Å². The second-order valence-corrected chi connectivity index (χ2v) is 3.53. The molecule has 0 saturated heterocycles. The van der Waals surface area contributed by atoms with Crippen molar-refractivity contribution in [2.75, 3.05) is 0 Å². The molecule has 1 aromatic carbocycles. The molecule has 0 aliphatic carbocycles. The van der Waals surface area contributed by atoms with Crippen LogP contribution in [-0.2, 0) is 0 Å². The van der Waals surface area contributed by atoms with Gasteiger partial charge in [-0.05, 0) is 12.5 Å². The molecule has 0 spiro atoms. The Kier molecular flexibility index (Phi) is 2.26. The third-order valence-electron chi connectivity index (χ3n) is 2.43. The highest BCUT2D eigenvalue weighted by Gasteiger charge is 2.40. The van der Waals surface area contributed by atoms with Crippen LogP contribution in [0.2, 0.25) is 0 Å². The minimum absolute atomic E-state index is 0.308. The van der Waals surface area contributed by atoms with Crippen LogP contribution >= 0.6 is 0 Å². The topological polar surface area (TPSA) is 32.9 Å². The maximum atomic E-state index is 12.3. The summed E-state index contributed by atoms with van der Waals surface area (Å²) in [5, 5.41) is 0.308. The highest BCUT2D eigenvalue weighted by Crippen LogP contribution is 2.27. The lowest BCUT2D eigenvalue weighted by molar-refractivity contribution is -0.0884. The Morgan fingerprint density at radius 1 is 1.31 bits per heavy atom. The van der Waals surface area contributed by atoms with Crippen molar-refractivity contribution in [3.8, 4) is 0 Å². The normalized spacial score (nSPS) is 12.0. The predicted octanol–water partition coefficient (Wildman–Crippen LogP) is 3.22. The molecule has 0 saturated carbocycles. The predicted molar refractivity (Wildman–Crippen MR) is 53.4 cm³/mol. The van der Waals surface area contributed by atoms with Gasteiger partial charge in [-0.2, -0.15) is 13.2 Å². The number of alkyl halides is 3. The molecule has 0 bridgehead atoms. The average molecular weight is 227 g/mol. The molecule has 1 aromatic heterocycles. The number of aromatic amines is 1. The van der Waals surface area contributed by atoms with Gasteiger partial charge in [0.2, 0.25) is 0 Å². The van der Waals surface area contributed by atoms with Crippen molar-refractivity contribution in [3.05, 3.63) is 35.5 Å². The summed E-state index contributed by atoms with van der Waals surface area (Å²) in [5.41, 5.74) is 1.04. The zero-order valence-corrected chi connectivity index (χ0v) is 8.35. The minimum Gasteiger partial charge on any atom is -0.360 e. The number of benzene rings is 1. The van der Waals surface area contributed by atoms with Gasteiger partial charge in [0.05, 0.1) is 5.56 Å². The van der Waals surface area contributed by atoms with Crippen molar-refractivity contribution >= 4 is 16.7 Å². The molecule has 1 heterocycles. The van der Waals surface area contributed by atoms with Gasteiger partial charge in [-0.25, -0.2) is 0 Å². The van der Waals surface area contributed by atoms with Crippen molar-refractivity contribution in [3.63, 3.8) is 0 Å². The number of rotatable bonds is 1. The summed E-state index contributed by atoms with van der Waals surface area (Å²) in [6.45, 7) is 1.76. The van der Waals surface area contributed by atoms with E-state index in [-0.39, 0.29) is 5.56 Å². The number of carbonyl (C=O) groups is 1. The van der Waals surface area contributed by atoms with E-state index in [4.69, 9.17) is 0 Å². The summed E-state index contributed by atoms with van der Waals surface area (Å²) in [4.78, 5) is 13.8. The van der Waals surface area contributed by atoms with Crippen LogP contribution in [0.25, 0.3) is 10.9 Å². The van der Waals surface area contributed by atoms with E-state index in [0.29, 0.717) is 10.9 Å². The molecule has 0 aliphatic rings. The van der Waals surface area contributed by atoms with Crippen LogP contribution in [0, 0.1) is 6.92 Å². The van der Waals surface area contributed by atoms with Crippen LogP contribution in [0.1, 0.15) is 15.9 Å². The number of H-pyrrole nitrogens is 1. The number of Topliss-reactive ketones (excluding diaryl/α,β-unsaturated/α-hetero) is 1. The molecular weight excluding hydrogens is 219 g/mol. The zero-order valence-electron chi connectivity index (χ0n) is 8.35. The summed E-state index contributed by atoms with van der Waals surface area (Å²) in [6.07, 6.45) is -3.73. The Hall–Kier alpha value is -1.78. The monoisotopic (exact) mass is 227 g/mol. The summed E-state index contributed by atoms with van der Waals surface area (Å²) >= 11 is 0. The molecule has 2 rings (SSSR count). The SMILES string of the molecule is Cc1cccc2c(C(=O)C(F)(F)F)c[nH]c12. The molecule has 0 radical (unpaired) electrons. The Bertz CT molecular complexity index is 554. The van der Waals surface area contributed by atoms with Crippen molar-refractivity contribution in [1.82, 2.24) is 4.98 Å².